The van der Waals surface area contributed by atoms with Crippen molar-refractivity contribution in [1.82, 2.24) is 5.32 Å². The van der Waals surface area contributed by atoms with Crippen LogP contribution in [0.2, 0.25) is 0 Å². The lowest BCUT2D eigenvalue weighted by molar-refractivity contribution is -0.384. The minimum absolute atomic E-state index is 0.0535. The smallest absolute Gasteiger partial charge is 0.340 e. The molecule has 1 aliphatic heterocycles. The first kappa shape index (κ1) is 19.0. The number of ether oxygens (including phenoxy) is 3. The molecule has 0 fully saturated rings. The molecule has 146 valence electrons. The van der Waals surface area contributed by atoms with E-state index in [-0.39, 0.29) is 29.8 Å². The minimum Gasteiger partial charge on any atom is -0.454 e. The molecule has 28 heavy (non-hydrogen) atoms. The maximum absolute atomic E-state index is 12.1. The molecule has 0 unspecified atom stereocenters. The Morgan fingerprint density at radius 3 is 2.71 bits per heavy atom. The highest BCUT2D eigenvalue weighted by atomic mass is 16.7. The number of non-ortho nitro benzene ring substituents is 1. The van der Waals surface area contributed by atoms with Gasteiger partial charge in [-0.2, -0.15) is 0 Å². The van der Waals surface area contributed by atoms with E-state index in [4.69, 9.17) is 19.9 Å². The van der Waals surface area contributed by atoms with E-state index in [1.54, 1.807) is 25.1 Å². The van der Waals surface area contributed by atoms with Gasteiger partial charge >= 0.3 is 5.97 Å². The van der Waals surface area contributed by atoms with Gasteiger partial charge in [-0.3, -0.25) is 14.9 Å². The van der Waals surface area contributed by atoms with Crippen molar-refractivity contribution >= 4 is 23.3 Å². The molecule has 1 heterocycles. The van der Waals surface area contributed by atoms with Crippen LogP contribution in [0.4, 0.5) is 11.4 Å². The number of esters is 1. The van der Waals surface area contributed by atoms with E-state index in [9.17, 15) is 19.7 Å². The zero-order valence-corrected chi connectivity index (χ0v) is 14.8. The van der Waals surface area contributed by atoms with E-state index >= 15 is 0 Å². The Labute approximate surface area is 159 Å². The van der Waals surface area contributed by atoms with E-state index < -0.39 is 23.4 Å². The van der Waals surface area contributed by atoms with Crippen LogP contribution in [0.5, 0.6) is 11.5 Å². The third-order valence-corrected chi connectivity index (χ3v) is 4.07. The average Bonchev–Trinajstić information content (AvgIpc) is 3.13. The number of carbonyl (C=O) groups is 2. The predicted octanol–water partition coefficient (Wildman–Crippen LogP) is 1.94. The van der Waals surface area contributed by atoms with Crippen molar-refractivity contribution in [2.45, 2.75) is 13.0 Å². The number of carbonyl (C=O) groups excluding carboxylic acids is 2. The van der Waals surface area contributed by atoms with Gasteiger partial charge in [-0.25, -0.2) is 4.79 Å². The number of nitrogens with one attached hydrogen (secondary N) is 1. The topological polar surface area (TPSA) is 143 Å². The molecule has 10 nitrogen and oxygen atoms in total. The molecule has 10 heteroatoms. The van der Waals surface area contributed by atoms with Gasteiger partial charge < -0.3 is 25.3 Å². The number of hydrogen-bond donors (Lipinski definition) is 2. The first-order chi connectivity index (χ1) is 13.3. The predicted molar refractivity (Wildman–Crippen MR) is 96.9 cm³/mol. The Morgan fingerprint density at radius 1 is 1.25 bits per heavy atom. The molecule has 0 saturated carbocycles. The first-order valence-electron chi connectivity index (χ1n) is 8.25. The van der Waals surface area contributed by atoms with Gasteiger partial charge in [0.25, 0.3) is 11.6 Å². The molecule has 0 spiro atoms. The lowest BCUT2D eigenvalue weighted by Crippen LogP contribution is -2.31. The molecule has 2 aromatic carbocycles. The lowest BCUT2D eigenvalue weighted by Gasteiger charge is -2.15. The van der Waals surface area contributed by atoms with E-state index in [1.807, 2.05) is 0 Å². The summed E-state index contributed by atoms with van der Waals surface area (Å²) in [5.74, 6) is -0.132. The van der Waals surface area contributed by atoms with E-state index in [0.29, 0.717) is 11.5 Å². The second-order valence-electron chi connectivity index (χ2n) is 6.01. The molecular weight excluding hydrogens is 370 g/mol. The molecule has 0 aromatic heterocycles. The van der Waals surface area contributed by atoms with Crippen molar-refractivity contribution in [2.24, 2.45) is 0 Å². The third-order valence-electron chi connectivity index (χ3n) is 4.07. The Bertz CT molecular complexity index is 945. The fourth-order valence-electron chi connectivity index (χ4n) is 2.61. The van der Waals surface area contributed by atoms with Crippen LogP contribution in [0.1, 0.15) is 28.9 Å². The van der Waals surface area contributed by atoms with Crippen LogP contribution in [0.15, 0.2) is 36.4 Å². The van der Waals surface area contributed by atoms with Crippen molar-refractivity contribution in [3.8, 4) is 11.5 Å². The first-order valence-corrected chi connectivity index (χ1v) is 8.25. The third kappa shape index (κ3) is 4.11. The van der Waals surface area contributed by atoms with Crippen molar-refractivity contribution in [1.29, 1.82) is 0 Å². The fraction of sp³-hybridized carbons (Fsp3) is 0.222. The summed E-state index contributed by atoms with van der Waals surface area (Å²) in [7, 11) is 0. The monoisotopic (exact) mass is 387 g/mol. The van der Waals surface area contributed by atoms with E-state index in [0.717, 1.165) is 17.7 Å². The zero-order valence-electron chi connectivity index (χ0n) is 14.8. The van der Waals surface area contributed by atoms with E-state index in [1.165, 1.54) is 6.07 Å². The summed E-state index contributed by atoms with van der Waals surface area (Å²) in [5.41, 5.74) is 6.03. The largest absolute Gasteiger partial charge is 0.454 e. The summed E-state index contributed by atoms with van der Waals surface area (Å²) < 4.78 is 15.5. The molecule has 3 rings (SSSR count). The lowest BCUT2D eigenvalue weighted by atomic mass is 10.1. The molecule has 0 radical (unpaired) electrons. The summed E-state index contributed by atoms with van der Waals surface area (Å²) in [4.78, 5) is 34.2. The standard InChI is InChI=1S/C18H17N3O7/c1-10(11-2-5-15-16(6-11)28-9-27-15)20-17(22)8-26-18(23)13-4-3-12(21(24)25)7-14(13)19/h2-7,10H,8-9,19H2,1H3,(H,20,22)/t10-/m1/s1. The number of nitro groups is 1. The molecule has 0 aliphatic carbocycles. The van der Waals surface area contributed by atoms with Crippen molar-refractivity contribution in [3.05, 3.63) is 57.6 Å². The number of nitrogen functional groups attached to an aromatic ring is 1. The highest BCUT2D eigenvalue weighted by molar-refractivity contribution is 5.96. The Kier molecular flexibility index (Phi) is 5.30. The van der Waals surface area contributed by atoms with Crippen molar-refractivity contribution in [3.63, 3.8) is 0 Å². The number of benzene rings is 2. The van der Waals surface area contributed by atoms with Gasteiger partial charge in [0.15, 0.2) is 18.1 Å². The second-order valence-corrected chi connectivity index (χ2v) is 6.01. The number of anilines is 1. The number of hydrogen-bond acceptors (Lipinski definition) is 8. The Balaban J connectivity index is 1.55. The highest BCUT2D eigenvalue weighted by Gasteiger charge is 2.19. The van der Waals surface area contributed by atoms with Crippen LogP contribution in [0, 0.1) is 10.1 Å². The minimum atomic E-state index is -0.849. The average molecular weight is 387 g/mol. The maximum Gasteiger partial charge on any atom is 0.340 e. The maximum atomic E-state index is 12.1. The van der Waals surface area contributed by atoms with Gasteiger partial charge in [-0.05, 0) is 30.7 Å². The number of nitrogens with two attached hydrogens (primary N) is 1. The molecular formula is C18H17N3O7. The van der Waals surface area contributed by atoms with Gasteiger partial charge in [0.1, 0.15) is 0 Å². The quantitative estimate of drug-likeness (QED) is 0.331. The fourth-order valence-corrected chi connectivity index (χ4v) is 2.61. The summed E-state index contributed by atoms with van der Waals surface area (Å²) in [6, 6.07) is 8.32. The highest BCUT2D eigenvalue weighted by Crippen LogP contribution is 2.34. The Hall–Kier alpha value is -3.82. The van der Waals surface area contributed by atoms with Gasteiger partial charge in [-0.1, -0.05) is 6.07 Å². The SMILES string of the molecule is C[C@@H](NC(=O)COC(=O)c1ccc([N+](=O)[O-])cc1N)c1ccc2c(c1)OCO2. The Morgan fingerprint density at radius 2 is 2.00 bits per heavy atom. The molecule has 1 aliphatic rings. The molecule has 0 saturated heterocycles. The van der Waals surface area contributed by atoms with E-state index in [2.05, 4.69) is 5.32 Å². The van der Waals surface area contributed by atoms with Crippen molar-refractivity contribution < 1.29 is 28.7 Å². The summed E-state index contributed by atoms with van der Waals surface area (Å²) in [6.07, 6.45) is 0. The molecule has 3 N–H and O–H groups in total. The number of fused-ring (bicyclic) bond motifs is 1. The van der Waals surface area contributed by atoms with Gasteiger partial charge in [-0.15, -0.1) is 0 Å². The number of amides is 1. The molecule has 1 amide bonds. The normalized spacial score (nSPS) is 12.9. The number of rotatable bonds is 6. The summed E-state index contributed by atoms with van der Waals surface area (Å²) >= 11 is 0. The van der Waals surface area contributed by atoms with Gasteiger partial charge in [0, 0.05) is 12.1 Å². The van der Waals surface area contributed by atoms with Crippen molar-refractivity contribution in [2.75, 3.05) is 19.1 Å². The van der Waals surface area contributed by atoms with Crippen LogP contribution >= 0.6 is 0 Å². The summed E-state index contributed by atoms with van der Waals surface area (Å²) in [6.45, 7) is 1.40. The molecule has 1 atom stereocenters. The second kappa shape index (κ2) is 7.82. The molecule has 0 bridgehead atoms. The van der Waals surface area contributed by atoms with Crippen LogP contribution in [-0.4, -0.2) is 30.2 Å². The van der Waals surface area contributed by atoms with Gasteiger partial charge in [0.05, 0.1) is 22.2 Å². The number of nitrogens with zero attached hydrogens (tertiary/aromatic N) is 1. The number of nitro benzene ring substituents is 1. The van der Waals surface area contributed by atoms with Crippen LogP contribution in [0.25, 0.3) is 0 Å². The van der Waals surface area contributed by atoms with Gasteiger partial charge in [0.2, 0.25) is 6.79 Å². The zero-order chi connectivity index (χ0) is 20.3. The van der Waals surface area contributed by atoms with Crippen LogP contribution < -0.4 is 20.5 Å². The molecule has 2 aromatic rings. The summed E-state index contributed by atoms with van der Waals surface area (Å²) in [5, 5.41) is 13.4. The van der Waals surface area contributed by atoms with Crippen LogP contribution in [0.3, 0.4) is 0 Å². The van der Waals surface area contributed by atoms with Crippen LogP contribution in [-0.2, 0) is 9.53 Å².